The predicted molar refractivity (Wildman–Crippen MR) is 98.5 cm³/mol. The number of aromatic nitrogens is 3. The van der Waals surface area contributed by atoms with Crippen LogP contribution in [0.1, 0.15) is 23.3 Å². The first kappa shape index (κ1) is 16.5. The first-order chi connectivity index (χ1) is 12.1. The number of nitrogens with zero attached hydrogens (tertiary/aromatic N) is 4. The molecule has 1 fully saturated rings. The van der Waals surface area contributed by atoms with Crippen LogP contribution in [0.25, 0.3) is 10.2 Å². The molecule has 1 atom stereocenters. The van der Waals surface area contributed by atoms with Crippen LogP contribution in [0.15, 0.2) is 30.5 Å². The number of rotatable bonds is 4. The lowest BCUT2D eigenvalue weighted by molar-refractivity contribution is 0.0910. The second-order valence-corrected chi connectivity index (χ2v) is 7.39. The number of hydrogen-bond acceptors (Lipinski definition) is 5. The molecule has 0 saturated carbocycles. The van der Waals surface area contributed by atoms with Crippen molar-refractivity contribution in [2.24, 2.45) is 7.05 Å². The fourth-order valence-corrected chi connectivity index (χ4v) is 4.25. The van der Waals surface area contributed by atoms with E-state index in [0.717, 1.165) is 29.7 Å². The number of hydrogen-bond donors (Lipinski definition) is 0. The maximum Gasteiger partial charge on any atom is 0.278 e. The van der Waals surface area contributed by atoms with Crippen LogP contribution in [0, 0.1) is 0 Å². The number of aryl methyl sites for hydroxylation is 1. The third-order valence-electron chi connectivity index (χ3n) is 4.28. The maximum atomic E-state index is 13.1. The van der Waals surface area contributed by atoms with E-state index >= 15 is 0 Å². The molecule has 1 aliphatic rings. The van der Waals surface area contributed by atoms with Crippen LogP contribution in [-0.2, 0) is 11.8 Å². The van der Waals surface area contributed by atoms with Crippen LogP contribution in [0.3, 0.4) is 0 Å². The summed E-state index contributed by atoms with van der Waals surface area (Å²) in [5, 5.41) is 5.32. The van der Waals surface area contributed by atoms with E-state index in [2.05, 4.69) is 10.1 Å². The van der Waals surface area contributed by atoms with Gasteiger partial charge >= 0.3 is 0 Å². The average molecular weight is 377 g/mol. The minimum atomic E-state index is -0.134. The summed E-state index contributed by atoms with van der Waals surface area (Å²) < 4.78 is 8.27. The Kier molecular flexibility index (Phi) is 4.45. The molecule has 0 spiro atoms. The molecule has 0 radical (unpaired) electrons. The Morgan fingerprint density at radius 3 is 3.04 bits per heavy atom. The first-order valence-electron chi connectivity index (χ1n) is 8.10. The van der Waals surface area contributed by atoms with Crippen molar-refractivity contribution in [2.45, 2.75) is 18.9 Å². The molecule has 0 aliphatic carbocycles. The van der Waals surface area contributed by atoms with Crippen LogP contribution in [-0.4, -0.2) is 39.9 Å². The Morgan fingerprint density at radius 1 is 1.48 bits per heavy atom. The maximum absolute atomic E-state index is 13.1. The van der Waals surface area contributed by atoms with Gasteiger partial charge in [-0.2, -0.15) is 5.10 Å². The Hall–Kier alpha value is -1.96. The van der Waals surface area contributed by atoms with Crippen LogP contribution in [0.5, 0.6) is 0 Å². The van der Waals surface area contributed by atoms with E-state index in [4.69, 9.17) is 16.3 Å². The van der Waals surface area contributed by atoms with Crippen molar-refractivity contribution >= 4 is 44.2 Å². The van der Waals surface area contributed by atoms with E-state index in [-0.39, 0.29) is 12.0 Å². The summed E-state index contributed by atoms with van der Waals surface area (Å²) in [7, 11) is 1.76. The van der Waals surface area contributed by atoms with Gasteiger partial charge in [0.1, 0.15) is 11.2 Å². The van der Waals surface area contributed by atoms with E-state index in [9.17, 15) is 4.79 Å². The summed E-state index contributed by atoms with van der Waals surface area (Å²) in [5.41, 5.74) is 1.24. The standard InChI is InChI=1S/C17H17ClN4O2S/c1-21-13(7-8-19-21)16(23)22(10-11-4-3-9-24-11)17-20-15-12(18)5-2-6-14(15)25-17/h2,5-8,11H,3-4,9-10H2,1H3/t11-/m0/s1. The molecule has 0 unspecified atom stereocenters. The molecule has 3 heterocycles. The summed E-state index contributed by atoms with van der Waals surface area (Å²) in [4.78, 5) is 19.4. The lowest BCUT2D eigenvalue weighted by Gasteiger charge is -2.22. The Balaban J connectivity index is 1.74. The molecule has 6 nitrogen and oxygen atoms in total. The molecule has 2 aromatic heterocycles. The summed E-state index contributed by atoms with van der Waals surface area (Å²) in [5.74, 6) is -0.134. The first-order valence-corrected chi connectivity index (χ1v) is 9.29. The highest BCUT2D eigenvalue weighted by Crippen LogP contribution is 2.34. The van der Waals surface area contributed by atoms with Crippen molar-refractivity contribution in [3.8, 4) is 0 Å². The molecular weight excluding hydrogens is 360 g/mol. The smallest absolute Gasteiger partial charge is 0.278 e. The van der Waals surface area contributed by atoms with Crippen molar-refractivity contribution in [3.05, 3.63) is 41.2 Å². The van der Waals surface area contributed by atoms with Crippen molar-refractivity contribution in [3.63, 3.8) is 0 Å². The molecule has 4 rings (SSSR count). The van der Waals surface area contributed by atoms with Crippen LogP contribution >= 0.6 is 22.9 Å². The van der Waals surface area contributed by atoms with E-state index in [1.165, 1.54) is 11.3 Å². The van der Waals surface area contributed by atoms with Gasteiger partial charge in [0.2, 0.25) is 0 Å². The van der Waals surface area contributed by atoms with E-state index in [1.807, 2.05) is 12.1 Å². The Bertz CT molecular complexity index is 916. The highest BCUT2D eigenvalue weighted by Gasteiger charge is 2.28. The molecule has 1 amide bonds. The second-order valence-electron chi connectivity index (χ2n) is 5.97. The summed E-state index contributed by atoms with van der Waals surface area (Å²) >= 11 is 7.71. The molecule has 0 bridgehead atoms. The minimum absolute atomic E-state index is 0.0275. The molecule has 1 aromatic carbocycles. The van der Waals surface area contributed by atoms with Gasteiger partial charge in [-0.15, -0.1) is 0 Å². The van der Waals surface area contributed by atoms with Crippen molar-refractivity contribution in [1.29, 1.82) is 0 Å². The quantitative estimate of drug-likeness (QED) is 0.699. The minimum Gasteiger partial charge on any atom is -0.376 e. The number of halogens is 1. The third kappa shape index (κ3) is 3.15. The number of fused-ring (bicyclic) bond motifs is 1. The highest BCUT2D eigenvalue weighted by molar-refractivity contribution is 7.22. The molecule has 25 heavy (non-hydrogen) atoms. The lowest BCUT2D eigenvalue weighted by Crippen LogP contribution is -2.38. The number of ether oxygens (including phenoxy) is 1. The van der Waals surface area contributed by atoms with Gasteiger partial charge in [-0.1, -0.05) is 29.0 Å². The Labute approximate surface area is 154 Å². The number of para-hydroxylation sites is 1. The van der Waals surface area contributed by atoms with Gasteiger partial charge in [0.05, 0.1) is 22.4 Å². The number of thiazole rings is 1. The summed E-state index contributed by atoms with van der Waals surface area (Å²) in [6.07, 6.45) is 3.61. The zero-order valence-electron chi connectivity index (χ0n) is 13.7. The van der Waals surface area contributed by atoms with Crippen molar-refractivity contribution in [2.75, 3.05) is 18.1 Å². The van der Waals surface area contributed by atoms with E-state index in [1.54, 1.807) is 35.0 Å². The third-order valence-corrected chi connectivity index (χ3v) is 5.63. The summed E-state index contributed by atoms with van der Waals surface area (Å²) in [6, 6.07) is 7.37. The van der Waals surface area contributed by atoms with Crippen molar-refractivity contribution < 1.29 is 9.53 Å². The van der Waals surface area contributed by atoms with Crippen LogP contribution < -0.4 is 4.90 Å². The van der Waals surface area contributed by atoms with Gasteiger partial charge in [-0.3, -0.25) is 14.4 Å². The average Bonchev–Trinajstić information content (AvgIpc) is 3.32. The van der Waals surface area contributed by atoms with Crippen LogP contribution in [0.2, 0.25) is 5.02 Å². The van der Waals surface area contributed by atoms with Gasteiger partial charge < -0.3 is 4.74 Å². The number of carbonyl (C=O) groups excluding carboxylic acids is 1. The predicted octanol–water partition coefficient (Wildman–Crippen LogP) is 3.51. The molecular formula is C17H17ClN4O2S. The van der Waals surface area contributed by atoms with Gasteiger partial charge in [0.25, 0.3) is 5.91 Å². The van der Waals surface area contributed by atoms with Gasteiger partial charge in [0.15, 0.2) is 5.13 Å². The molecule has 1 saturated heterocycles. The second kappa shape index (κ2) is 6.74. The van der Waals surface area contributed by atoms with E-state index in [0.29, 0.717) is 22.4 Å². The van der Waals surface area contributed by atoms with Crippen LogP contribution in [0.4, 0.5) is 5.13 Å². The largest absolute Gasteiger partial charge is 0.376 e. The summed E-state index contributed by atoms with van der Waals surface area (Å²) in [6.45, 7) is 1.21. The number of amides is 1. The monoisotopic (exact) mass is 376 g/mol. The fourth-order valence-electron chi connectivity index (χ4n) is 2.98. The molecule has 3 aromatic rings. The number of carbonyl (C=O) groups is 1. The zero-order chi connectivity index (χ0) is 17.4. The van der Waals surface area contributed by atoms with E-state index < -0.39 is 0 Å². The zero-order valence-corrected chi connectivity index (χ0v) is 15.3. The molecule has 1 aliphatic heterocycles. The van der Waals surface area contributed by atoms with Gasteiger partial charge in [-0.05, 0) is 31.0 Å². The van der Waals surface area contributed by atoms with Gasteiger partial charge in [0, 0.05) is 19.9 Å². The molecule has 130 valence electrons. The van der Waals surface area contributed by atoms with Gasteiger partial charge in [-0.25, -0.2) is 4.98 Å². The highest BCUT2D eigenvalue weighted by atomic mass is 35.5. The number of anilines is 1. The molecule has 8 heteroatoms. The topological polar surface area (TPSA) is 60.2 Å². The fraction of sp³-hybridized carbons (Fsp3) is 0.353. The number of benzene rings is 1. The Morgan fingerprint density at radius 2 is 2.36 bits per heavy atom. The molecule has 0 N–H and O–H groups in total. The van der Waals surface area contributed by atoms with Crippen molar-refractivity contribution in [1.82, 2.24) is 14.8 Å². The SMILES string of the molecule is Cn1nccc1C(=O)N(C[C@@H]1CCCO1)c1nc2c(Cl)cccc2s1. The normalized spacial score (nSPS) is 17.3. The lowest BCUT2D eigenvalue weighted by atomic mass is 10.2.